The summed E-state index contributed by atoms with van der Waals surface area (Å²) in [4.78, 5) is 23.7. The van der Waals surface area contributed by atoms with Crippen molar-refractivity contribution in [1.82, 2.24) is 5.32 Å². The molecule has 1 atom stereocenters. The van der Waals surface area contributed by atoms with E-state index in [-0.39, 0.29) is 23.1 Å². The van der Waals surface area contributed by atoms with E-state index in [4.69, 9.17) is 0 Å². The van der Waals surface area contributed by atoms with E-state index in [0.29, 0.717) is 0 Å². The summed E-state index contributed by atoms with van der Waals surface area (Å²) in [7, 11) is 0. The van der Waals surface area contributed by atoms with Crippen molar-refractivity contribution in [1.29, 1.82) is 0 Å². The van der Waals surface area contributed by atoms with E-state index in [0.717, 1.165) is 49.3 Å². The van der Waals surface area contributed by atoms with Crippen molar-refractivity contribution in [3.63, 3.8) is 0 Å². The third-order valence-electron chi connectivity index (χ3n) is 4.92. The first-order chi connectivity index (χ1) is 10.5. The van der Waals surface area contributed by atoms with Gasteiger partial charge < -0.3 is 16.0 Å². The molecule has 5 heteroatoms. The Morgan fingerprint density at radius 3 is 2.64 bits per heavy atom. The van der Waals surface area contributed by atoms with Gasteiger partial charge in [0.05, 0.1) is 0 Å². The van der Waals surface area contributed by atoms with Gasteiger partial charge in [0.25, 0.3) is 0 Å². The Bertz CT molecular complexity index is 606. The maximum Gasteiger partial charge on any atom is 0.228 e. The number of rotatable bonds is 3. The molecular weight excluding hydrogens is 278 g/mol. The molecule has 2 aliphatic rings. The molecule has 0 aromatic heterocycles. The average molecular weight is 301 g/mol. The van der Waals surface area contributed by atoms with Crippen molar-refractivity contribution in [2.24, 2.45) is 11.3 Å². The van der Waals surface area contributed by atoms with Crippen LogP contribution in [0.2, 0.25) is 0 Å². The number of nitrogens with one attached hydrogen (secondary N) is 3. The molecule has 3 rings (SSSR count). The highest BCUT2D eigenvalue weighted by atomic mass is 16.2. The minimum absolute atomic E-state index is 0.109. The summed E-state index contributed by atoms with van der Waals surface area (Å²) in [6.45, 7) is 5.44. The van der Waals surface area contributed by atoms with Crippen LogP contribution in [0.15, 0.2) is 18.2 Å². The molecule has 3 N–H and O–H groups in total. The Morgan fingerprint density at radius 2 is 1.95 bits per heavy atom. The molecule has 1 aliphatic heterocycles. The first-order valence-corrected chi connectivity index (χ1v) is 7.90. The topological polar surface area (TPSA) is 70.2 Å². The van der Waals surface area contributed by atoms with Crippen LogP contribution in [0.3, 0.4) is 0 Å². The fourth-order valence-corrected chi connectivity index (χ4v) is 3.45. The number of carbonyl (C=O) groups is 2. The predicted molar refractivity (Wildman–Crippen MR) is 86.8 cm³/mol. The molecule has 0 bridgehead atoms. The average Bonchev–Trinajstić information content (AvgIpc) is 3.16. The molecule has 0 radical (unpaired) electrons. The lowest BCUT2D eigenvalue weighted by Gasteiger charge is -2.23. The molecule has 1 saturated heterocycles. The summed E-state index contributed by atoms with van der Waals surface area (Å²) < 4.78 is 0. The van der Waals surface area contributed by atoms with E-state index in [1.807, 2.05) is 25.1 Å². The monoisotopic (exact) mass is 301 g/mol. The number of carbonyl (C=O) groups excluding carboxylic acids is 2. The van der Waals surface area contributed by atoms with Crippen LogP contribution in [-0.2, 0) is 9.59 Å². The number of anilines is 2. The predicted octanol–water partition coefficient (Wildman–Crippen LogP) is 2.28. The standard InChI is InChI=1S/C17H23N3O2/c1-11-3-4-13(9-15(11)19-12(2)21)20-16(22)14-10-17(14)5-7-18-8-6-17/h3-4,9,14,18H,5-8,10H2,1-2H3,(H,19,21)(H,20,22). The first kappa shape index (κ1) is 15.0. The number of piperidine rings is 1. The van der Waals surface area contributed by atoms with E-state index in [2.05, 4.69) is 16.0 Å². The van der Waals surface area contributed by atoms with Crippen molar-refractivity contribution >= 4 is 23.2 Å². The Balaban J connectivity index is 1.66. The van der Waals surface area contributed by atoms with Gasteiger partial charge in [-0.25, -0.2) is 0 Å². The van der Waals surface area contributed by atoms with Crippen LogP contribution < -0.4 is 16.0 Å². The smallest absolute Gasteiger partial charge is 0.228 e. The third-order valence-corrected chi connectivity index (χ3v) is 4.92. The minimum atomic E-state index is -0.109. The lowest BCUT2D eigenvalue weighted by Crippen LogP contribution is -2.31. The Morgan fingerprint density at radius 1 is 1.23 bits per heavy atom. The fraction of sp³-hybridized carbons (Fsp3) is 0.529. The van der Waals surface area contributed by atoms with Gasteiger partial charge in [-0.1, -0.05) is 6.07 Å². The van der Waals surface area contributed by atoms with Crippen LogP contribution in [0.4, 0.5) is 11.4 Å². The van der Waals surface area contributed by atoms with Gasteiger partial charge in [-0.05, 0) is 62.4 Å². The maximum absolute atomic E-state index is 12.4. The summed E-state index contributed by atoms with van der Waals surface area (Å²) in [5, 5.41) is 9.15. The second kappa shape index (κ2) is 5.72. The number of benzene rings is 1. The van der Waals surface area contributed by atoms with E-state index < -0.39 is 0 Å². The molecule has 2 fully saturated rings. The zero-order valence-electron chi connectivity index (χ0n) is 13.2. The van der Waals surface area contributed by atoms with Crippen molar-refractivity contribution in [2.45, 2.75) is 33.1 Å². The zero-order valence-corrected chi connectivity index (χ0v) is 13.2. The summed E-state index contributed by atoms with van der Waals surface area (Å²) in [5.74, 6) is 0.141. The first-order valence-electron chi connectivity index (χ1n) is 7.90. The van der Waals surface area contributed by atoms with Gasteiger partial charge in [0.1, 0.15) is 0 Å². The molecule has 1 unspecified atom stereocenters. The lowest BCUT2D eigenvalue weighted by atomic mass is 9.92. The molecule has 1 spiro atoms. The molecule has 1 aromatic rings. The van der Waals surface area contributed by atoms with Gasteiger partial charge in [0.15, 0.2) is 0 Å². The number of hydrogen-bond donors (Lipinski definition) is 3. The molecule has 1 aromatic carbocycles. The summed E-state index contributed by atoms with van der Waals surface area (Å²) >= 11 is 0. The maximum atomic E-state index is 12.4. The van der Waals surface area contributed by atoms with Gasteiger partial charge in [0, 0.05) is 24.2 Å². The number of hydrogen-bond acceptors (Lipinski definition) is 3. The molecule has 1 saturated carbocycles. The normalized spacial score (nSPS) is 22.2. The highest BCUT2D eigenvalue weighted by molar-refractivity contribution is 5.96. The highest BCUT2D eigenvalue weighted by Crippen LogP contribution is 2.58. The fourth-order valence-electron chi connectivity index (χ4n) is 3.45. The van der Waals surface area contributed by atoms with Crippen LogP contribution >= 0.6 is 0 Å². The van der Waals surface area contributed by atoms with Gasteiger partial charge in [-0.15, -0.1) is 0 Å². The Hall–Kier alpha value is -1.88. The number of aryl methyl sites for hydroxylation is 1. The van der Waals surface area contributed by atoms with Crippen molar-refractivity contribution in [3.05, 3.63) is 23.8 Å². The SMILES string of the molecule is CC(=O)Nc1cc(NC(=O)C2CC23CCNCC3)ccc1C. The van der Waals surface area contributed by atoms with Crippen molar-refractivity contribution in [3.8, 4) is 0 Å². The van der Waals surface area contributed by atoms with Gasteiger partial charge in [-0.2, -0.15) is 0 Å². The molecule has 118 valence electrons. The molecule has 5 nitrogen and oxygen atoms in total. The quantitative estimate of drug-likeness (QED) is 0.802. The molecule has 1 aliphatic carbocycles. The van der Waals surface area contributed by atoms with Crippen LogP contribution in [-0.4, -0.2) is 24.9 Å². The van der Waals surface area contributed by atoms with E-state index in [1.165, 1.54) is 6.92 Å². The zero-order chi connectivity index (χ0) is 15.7. The summed E-state index contributed by atoms with van der Waals surface area (Å²) in [6, 6.07) is 5.62. The van der Waals surface area contributed by atoms with Crippen LogP contribution in [0.5, 0.6) is 0 Å². The van der Waals surface area contributed by atoms with Gasteiger partial charge in [-0.3, -0.25) is 9.59 Å². The Labute approximate surface area is 130 Å². The highest BCUT2D eigenvalue weighted by Gasteiger charge is 2.57. The van der Waals surface area contributed by atoms with Crippen molar-refractivity contribution < 1.29 is 9.59 Å². The van der Waals surface area contributed by atoms with Gasteiger partial charge >= 0.3 is 0 Å². The Kier molecular flexibility index (Phi) is 3.91. The summed E-state index contributed by atoms with van der Waals surface area (Å²) in [6.07, 6.45) is 3.19. The largest absolute Gasteiger partial charge is 0.326 e. The van der Waals surface area contributed by atoms with E-state index in [9.17, 15) is 9.59 Å². The van der Waals surface area contributed by atoms with E-state index in [1.54, 1.807) is 0 Å². The van der Waals surface area contributed by atoms with Gasteiger partial charge in [0.2, 0.25) is 11.8 Å². The van der Waals surface area contributed by atoms with Crippen LogP contribution in [0.1, 0.15) is 31.7 Å². The summed E-state index contributed by atoms with van der Waals surface area (Å²) in [5.41, 5.74) is 2.71. The molecular formula is C17H23N3O2. The third kappa shape index (κ3) is 2.99. The second-order valence-electron chi connectivity index (χ2n) is 6.57. The number of amides is 2. The second-order valence-corrected chi connectivity index (χ2v) is 6.57. The van der Waals surface area contributed by atoms with E-state index >= 15 is 0 Å². The van der Waals surface area contributed by atoms with Crippen LogP contribution in [0.25, 0.3) is 0 Å². The molecule has 2 amide bonds. The molecule has 1 heterocycles. The lowest BCUT2D eigenvalue weighted by molar-refractivity contribution is -0.118. The van der Waals surface area contributed by atoms with Crippen LogP contribution in [0, 0.1) is 18.3 Å². The minimum Gasteiger partial charge on any atom is -0.326 e. The molecule has 22 heavy (non-hydrogen) atoms. The van der Waals surface area contributed by atoms with Crippen molar-refractivity contribution in [2.75, 3.05) is 23.7 Å².